The van der Waals surface area contributed by atoms with Crippen molar-refractivity contribution < 1.29 is 37.5 Å². The van der Waals surface area contributed by atoms with E-state index in [1.165, 1.54) is 42.6 Å². The molecule has 0 radical (unpaired) electrons. The van der Waals surface area contributed by atoms with Gasteiger partial charge >= 0.3 is 0 Å². The summed E-state index contributed by atoms with van der Waals surface area (Å²) >= 11 is 0. The van der Waals surface area contributed by atoms with Crippen LogP contribution < -0.4 is 30.9 Å². The number of aromatic nitrogens is 2. The van der Waals surface area contributed by atoms with Crippen LogP contribution in [0.2, 0.25) is 0 Å². The van der Waals surface area contributed by atoms with Crippen LogP contribution in [0, 0.1) is 23.0 Å². The van der Waals surface area contributed by atoms with Crippen LogP contribution in [0.1, 0.15) is 73.1 Å². The van der Waals surface area contributed by atoms with Crippen LogP contribution in [0.4, 0.5) is 31.7 Å². The molecule has 5 aliphatic rings. The van der Waals surface area contributed by atoms with E-state index in [4.69, 9.17) is 4.74 Å². The zero-order valence-electron chi connectivity index (χ0n) is 39.7. The van der Waals surface area contributed by atoms with Gasteiger partial charge in [-0.25, -0.2) is 13.8 Å². The molecule has 5 amide bonds. The van der Waals surface area contributed by atoms with Gasteiger partial charge < -0.3 is 30.9 Å². The lowest BCUT2D eigenvalue weighted by molar-refractivity contribution is -0.131. The van der Waals surface area contributed by atoms with E-state index in [1.807, 2.05) is 0 Å². The van der Waals surface area contributed by atoms with Gasteiger partial charge in [-0.1, -0.05) is 6.58 Å². The highest BCUT2D eigenvalue weighted by molar-refractivity contribution is 6.25. The second kappa shape index (κ2) is 19.5. The minimum Gasteiger partial charge on any atom is -0.457 e. The lowest BCUT2D eigenvalue weighted by atomic mass is 9.88. The lowest BCUT2D eigenvalue weighted by Crippen LogP contribution is -2.55. The van der Waals surface area contributed by atoms with Gasteiger partial charge in [0.05, 0.1) is 22.3 Å². The number of imide groups is 1. The van der Waals surface area contributed by atoms with E-state index in [1.54, 1.807) is 42.6 Å². The van der Waals surface area contributed by atoms with Gasteiger partial charge in [-0.15, -0.1) is 0 Å². The van der Waals surface area contributed by atoms with Crippen molar-refractivity contribution in [3.63, 3.8) is 0 Å². The predicted octanol–water partition coefficient (Wildman–Crippen LogP) is 7.17. The van der Waals surface area contributed by atoms with Crippen LogP contribution in [-0.2, 0) is 14.4 Å². The first-order valence-electron chi connectivity index (χ1n) is 24.3. The molecule has 4 N–H and O–H groups in total. The Balaban J connectivity index is 0.691. The van der Waals surface area contributed by atoms with Crippen molar-refractivity contribution in [2.24, 2.45) is 11.3 Å². The largest absolute Gasteiger partial charge is 0.457 e. The molecule has 3 saturated heterocycles. The summed E-state index contributed by atoms with van der Waals surface area (Å²) in [5.41, 5.74) is 1.83. The number of rotatable bonds is 14. The van der Waals surface area contributed by atoms with Crippen molar-refractivity contribution >= 4 is 63.3 Å². The maximum absolute atomic E-state index is 16.0. The van der Waals surface area contributed by atoms with Gasteiger partial charge in [-0.2, -0.15) is 0 Å². The first-order chi connectivity index (χ1) is 34.3. The molecule has 71 heavy (non-hydrogen) atoms. The summed E-state index contributed by atoms with van der Waals surface area (Å²) in [7, 11) is 0. The fourth-order valence-corrected chi connectivity index (χ4v) is 10.4. The SMILES string of the molecule is C=C1CCC(N2C(=O)c3ccnc(NC[C@H](C)N4CCN([C@H](C)C5CCN(c6cc7nccc(Oc8ccc(NC(=O)C9(C(=O)Nc%10ccc(F)cc%10)CC9)cc8)c7cc6F)CC5)CC4)c3C2=O)C(=O)N1. The van der Waals surface area contributed by atoms with Crippen LogP contribution >= 0.6 is 0 Å². The zero-order valence-corrected chi connectivity index (χ0v) is 39.7. The van der Waals surface area contributed by atoms with Gasteiger partial charge in [-0.05, 0) is 131 Å². The third-order valence-electron chi connectivity index (χ3n) is 15.0. The Hall–Kier alpha value is -7.31. The number of benzene rings is 3. The molecule has 3 atom stereocenters. The van der Waals surface area contributed by atoms with Crippen molar-refractivity contribution in [1.82, 2.24) is 30.0 Å². The summed E-state index contributed by atoms with van der Waals surface area (Å²) in [6.07, 6.45) is 6.61. The van der Waals surface area contributed by atoms with E-state index < -0.39 is 46.8 Å². The van der Waals surface area contributed by atoms with Crippen LogP contribution in [-0.4, -0.2) is 118 Å². The number of allylic oxidation sites excluding steroid dienone is 1. The maximum Gasteiger partial charge on any atom is 0.266 e. The summed E-state index contributed by atoms with van der Waals surface area (Å²) in [5, 5.41) is 12.1. The molecule has 5 aromatic rings. The maximum atomic E-state index is 16.0. The molecule has 10 rings (SSSR count). The number of piperidine rings is 2. The van der Waals surface area contributed by atoms with E-state index in [0.29, 0.717) is 108 Å². The Morgan fingerprint density at radius 3 is 2.13 bits per heavy atom. The first-order valence-corrected chi connectivity index (χ1v) is 24.3. The van der Waals surface area contributed by atoms with Gasteiger partial charge in [0.1, 0.15) is 40.4 Å². The topological polar surface area (TPSA) is 181 Å². The highest BCUT2D eigenvalue weighted by Gasteiger charge is 2.56. The van der Waals surface area contributed by atoms with E-state index >= 15 is 4.39 Å². The van der Waals surface area contributed by atoms with Gasteiger partial charge in [-0.3, -0.25) is 43.7 Å². The number of carbonyl (C=O) groups is 5. The van der Waals surface area contributed by atoms with Crippen LogP contribution in [0.25, 0.3) is 10.9 Å². The average molecular weight is 967 g/mol. The highest BCUT2D eigenvalue weighted by Crippen LogP contribution is 2.48. The number of piperazine rings is 1. The van der Waals surface area contributed by atoms with E-state index in [9.17, 15) is 28.4 Å². The number of amides is 5. The number of halogens is 2. The molecule has 6 heterocycles. The molecule has 1 unspecified atom stereocenters. The van der Waals surface area contributed by atoms with E-state index in [-0.39, 0.29) is 23.0 Å². The Morgan fingerprint density at radius 2 is 1.46 bits per heavy atom. The summed E-state index contributed by atoms with van der Waals surface area (Å²) in [6.45, 7) is 13.7. The number of anilines is 4. The number of pyridine rings is 2. The summed E-state index contributed by atoms with van der Waals surface area (Å²) < 4.78 is 35.5. The predicted molar refractivity (Wildman–Crippen MR) is 264 cm³/mol. The molecule has 1 saturated carbocycles. The molecule has 4 fully saturated rings. The number of nitrogens with zero attached hydrogens (tertiary/aromatic N) is 6. The Morgan fingerprint density at radius 1 is 0.817 bits per heavy atom. The fourth-order valence-electron chi connectivity index (χ4n) is 10.4. The van der Waals surface area contributed by atoms with Crippen LogP contribution in [0.3, 0.4) is 0 Å². The molecule has 0 bridgehead atoms. The number of ether oxygens (including phenoxy) is 1. The minimum absolute atomic E-state index is 0.120. The van der Waals surface area contributed by atoms with Crippen molar-refractivity contribution in [1.29, 1.82) is 0 Å². The molecule has 18 heteroatoms. The van der Waals surface area contributed by atoms with Crippen molar-refractivity contribution in [3.05, 3.63) is 120 Å². The number of nitrogens with one attached hydrogen (secondary N) is 4. The van der Waals surface area contributed by atoms with Crippen molar-refractivity contribution in [3.8, 4) is 11.5 Å². The van der Waals surface area contributed by atoms with Crippen molar-refractivity contribution in [2.45, 2.75) is 70.5 Å². The number of hydrogen-bond acceptors (Lipinski definition) is 12. The summed E-state index contributed by atoms with van der Waals surface area (Å²) in [4.78, 5) is 83.0. The number of hydrogen-bond donors (Lipinski definition) is 4. The summed E-state index contributed by atoms with van der Waals surface area (Å²) in [6, 6.07) is 18.2. The second-order valence-electron chi connectivity index (χ2n) is 19.3. The molecular formula is C53H56F2N10O6. The average Bonchev–Trinajstić information content (AvgIpc) is 4.16. The van der Waals surface area contributed by atoms with Gasteiger partial charge in [0, 0.05) is 92.7 Å². The van der Waals surface area contributed by atoms with Gasteiger partial charge in [0.2, 0.25) is 17.7 Å². The van der Waals surface area contributed by atoms with E-state index in [2.05, 4.69) is 66.4 Å². The summed E-state index contributed by atoms with van der Waals surface area (Å²) in [5.74, 6) is -1.36. The fraction of sp³-hybridized carbons (Fsp3) is 0.377. The molecule has 4 aliphatic heterocycles. The van der Waals surface area contributed by atoms with Gasteiger partial charge in [0.25, 0.3) is 11.8 Å². The minimum atomic E-state index is -1.20. The molecule has 0 spiro atoms. The van der Waals surface area contributed by atoms with Crippen molar-refractivity contribution in [2.75, 3.05) is 66.7 Å². The Bertz CT molecular complexity index is 2920. The smallest absolute Gasteiger partial charge is 0.266 e. The monoisotopic (exact) mass is 966 g/mol. The van der Waals surface area contributed by atoms with Crippen LogP contribution in [0.5, 0.6) is 11.5 Å². The molecule has 3 aromatic carbocycles. The normalized spacial score (nSPS) is 20.3. The number of carbonyl (C=O) groups excluding carboxylic acids is 5. The third kappa shape index (κ3) is 9.53. The quantitative estimate of drug-likeness (QED) is 0.0652. The highest BCUT2D eigenvalue weighted by atomic mass is 19.1. The van der Waals surface area contributed by atoms with E-state index in [0.717, 1.165) is 43.9 Å². The zero-order chi connectivity index (χ0) is 49.6. The molecule has 2 aromatic heterocycles. The second-order valence-corrected chi connectivity index (χ2v) is 19.3. The molecule has 368 valence electrons. The lowest BCUT2D eigenvalue weighted by Gasteiger charge is -2.45. The molecular weight excluding hydrogens is 911 g/mol. The molecule has 1 aliphatic carbocycles. The van der Waals surface area contributed by atoms with Gasteiger partial charge in [0.15, 0.2) is 0 Å². The standard InChI is InChI=1S/C53H56F2N10O6/c1-31-4-13-43(48(66)59-31)65-49(67)39-14-20-57-47(46(39)50(65)68)58-30-32(2)62-24-26-63(27-25-62)33(3)34-16-22-64(23-17-34)44-29-42-40(28-41(44)55)45(15-21-56-42)71-38-11-9-37(10-12-38)61-52(70)53(18-19-53)51(69)60-36-7-5-35(54)6-8-36/h5-12,14-15,20-21,28-29,32-34,43H,1,4,13,16-19,22-27,30H2,2-3H3,(H,57,58)(H,59,66)(H,60,69)(H,61,70)/t32-,33+,43?/m0/s1. The van der Waals surface area contributed by atoms with Crippen LogP contribution in [0.15, 0.2) is 97.5 Å². The Labute approximate surface area is 409 Å². The number of fused-ring (bicyclic) bond motifs is 2. The third-order valence-corrected chi connectivity index (χ3v) is 15.0. The molecule has 16 nitrogen and oxygen atoms in total. The Kier molecular flexibility index (Phi) is 13.0. The first kappa shape index (κ1) is 47.4.